The molecule has 1 rings (SSSR count). The van der Waals surface area contributed by atoms with E-state index in [0.717, 1.165) is 13.0 Å². The molecule has 0 spiro atoms. The van der Waals surface area contributed by atoms with Crippen LogP contribution in [0, 0.1) is 5.92 Å². The number of nitrogens with one attached hydrogen (secondary N) is 1. The van der Waals surface area contributed by atoms with Gasteiger partial charge in [-0.3, -0.25) is 9.48 Å². The summed E-state index contributed by atoms with van der Waals surface area (Å²) in [5.41, 5.74) is 5.63. The van der Waals surface area contributed by atoms with E-state index >= 15 is 0 Å². The summed E-state index contributed by atoms with van der Waals surface area (Å²) in [6, 6.07) is 0. The van der Waals surface area contributed by atoms with Gasteiger partial charge in [-0.2, -0.15) is 0 Å². The first kappa shape index (κ1) is 12.6. The summed E-state index contributed by atoms with van der Waals surface area (Å²) in [6.45, 7) is 5.96. The Morgan fingerprint density at radius 3 is 3.00 bits per heavy atom. The summed E-state index contributed by atoms with van der Waals surface area (Å²) in [5.74, 6) is 0.389. The number of rotatable bonds is 6. The summed E-state index contributed by atoms with van der Waals surface area (Å²) in [5, 5.41) is 10.3. The molecule has 0 aromatic carbocycles. The Bertz CT molecular complexity index is 334. The van der Waals surface area contributed by atoms with Crippen LogP contribution in [0.2, 0.25) is 0 Å². The average molecular weight is 225 g/mol. The van der Waals surface area contributed by atoms with E-state index in [1.165, 1.54) is 0 Å². The van der Waals surface area contributed by atoms with Crippen LogP contribution in [0.25, 0.3) is 0 Å². The zero-order valence-corrected chi connectivity index (χ0v) is 9.81. The second kappa shape index (κ2) is 6.22. The molecule has 6 heteroatoms. The molecule has 1 amide bonds. The molecule has 0 saturated carbocycles. The van der Waals surface area contributed by atoms with Crippen molar-refractivity contribution in [2.24, 2.45) is 11.7 Å². The molecule has 90 valence electrons. The van der Waals surface area contributed by atoms with Crippen LogP contribution in [0.15, 0.2) is 6.20 Å². The van der Waals surface area contributed by atoms with Gasteiger partial charge in [-0.1, -0.05) is 19.1 Å². The fourth-order valence-corrected chi connectivity index (χ4v) is 1.18. The molecule has 16 heavy (non-hydrogen) atoms. The largest absolute Gasteiger partial charge is 0.349 e. The third-order valence-electron chi connectivity index (χ3n) is 2.14. The summed E-state index contributed by atoms with van der Waals surface area (Å²) < 4.78 is 1.69. The second-order valence-corrected chi connectivity index (χ2v) is 4.09. The maximum absolute atomic E-state index is 11.5. The highest BCUT2D eigenvalue weighted by molar-refractivity contribution is 5.91. The maximum atomic E-state index is 11.5. The van der Waals surface area contributed by atoms with E-state index in [9.17, 15) is 4.79 Å². The van der Waals surface area contributed by atoms with Crippen molar-refractivity contribution >= 4 is 5.91 Å². The molecule has 0 radical (unpaired) electrons. The fourth-order valence-electron chi connectivity index (χ4n) is 1.18. The number of nitrogens with zero attached hydrogens (tertiary/aromatic N) is 3. The van der Waals surface area contributed by atoms with Crippen LogP contribution < -0.4 is 11.1 Å². The van der Waals surface area contributed by atoms with Crippen molar-refractivity contribution < 1.29 is 4.79 Å². The van der Waals surface area contributed by atoms with Gasteiger partial charge in [0.2, 0.25) is 0 Å². The minimum absolute atomic E-state index is 0.221. The molecular weight excluding hydrogens is 206 g/mol. The first-order valence-electron chi connectivity index (χ1n) is 5.52. The van der Waals surface area contributed by atoms with Gasteiger partial charge >= 0.3 is 0 Å². The monoisotopic (exact) mass is 225 g/mol. The van der Waals surface area contributed by atoms with E-state index in [0.29, 0.717) is 24.7 Å². The van der Waals surface area contributed by atoms with Crippen molar-refractivity contribution in [1.82, 2.24) is 20.3 Å². The normalized spacial score (nSPS) is 10.8. The van der Waals surface area contributed by atoms with Gasteiger partial charge in [0.25, 0.3) is 5.91 Å². The minimum atomic E-state index is -0.221. The first-order chi connectivity index (χ1) is 7.63. The van der Waals surface area contributed by atoms with Crippen molar-refractivity contribution in [3.63, 3.8) is 0 Å². The molecule has 0 bridgehead atoms. The SMILES string of the molecule is CC(C)CCn1cc(C(=O)NCCN)nn1. The summed E-state index contributed by atoms with van der Waals surface area (Å²) in [6.07, 6.45) is 2.68. The predicted octanol–water partition coefficient (Wildman–Crippen LogP) is 0.0127. The van der Waals surface area contributed by atoms with Crippen molar-refractivity contribution in [3.05, 3.63) is 11.9 Å². The Morgan fingerprint density at radius 1 is 1.62 bits per heavy atom. The third kappa shape index (κ3) is 3.98. The zero-order valence-electron chi connectivity index (χ0n) is 9.81. The Morgan fingerprint density at radius 2 is 2.38 bits per heavy atom. The summed E-state index contributed by atoms with van der Waals surface area (Å²) in [7, 11) is 0. The molecule has 1 aromatic rings. The van der Waals surface area contributed by atoms with Gasteiger partial charge < -0.3 is 11.1 Å². The molecule has 0 saturated heterocycles. The van der Waals surface area contributed by atoms with Crippen LogP contribution in [-0.4, -0.2) is 34.0 Å². The Hall–Kier alpha value is -1.43. The van der Waals surface area contributed by atoms with Gasteiger partial charge in [-0.15, -0.1) is 5.10 Å². The number of aryl methyl sites for hydroxylation is 1. The summed E-state index contributed by atoms with van der Waals surface area (Å²) >= 11 is 0. The van der Waals surface area contributed by atoms with Crippen molar-refractivity contribution in [2.75, 3.05) is 13.1 Å². The van der Waals surface area contributed by atoms with Gasteiger partial charge in [0.05, 0.1) is 6.20 Å². The first-order valence-corrected chi connectivity index (χ1v) is 5.52. The van der Waals surface area contributed by atoms with E-state index < -0.39 is 0 Å². The van der Waals surface area contributed by atoms with Crippen LogP contribution in [0.5, 0.6) is 0 Å². The van der Waals surface area contributed by atoms with Crippen LogP contribution in [0.3, 0.4) is 0 Å². The highest BCUT2D eigenvalue weighted by Gasteiger charge is 2.09. The van der Waals surface area contributed by atoms with Gasteiger partial charge in [-0.25, -0.2) is 0 Å². The van der Waals surface area contributed by atoms with Gasteiger partial charge in [0.15, 0.2) is 5.69 Å². The predicted molar refractivity (Wildman–Crippen MR) is 60.9 cm³/mol. The molecule has 6 nitrogen and oxygen atoms in total. The lowest BCUT2D eigenvalue weighted by Gasteiger charge is -2.02. The molecule has 0 aliphatic carbocycles. The number of amides is 1. The van der Waals surface area contributed by atoms with E-state index in [4.69, 9.17) is 5.73 Å². The minimum Gasteiger partial charge on any atom is -0.349 e. The molecule has 0 atom stereocenters. The average Bonchev–Trinajstić information content (AvgIpc) is 2.71. The molecule has 1 aromatic heterocycles. The quantitative estimate of drug-likeness (QED) is 0.714. The van der Waals surface area contributed by atoms with E-state index in [1.807, 2.05) is 0 Å². The number of nitrogens with two attached hydrogens (primary N) is 1. The number of hydrogen-bond acceptors (Lipinski definition) is 4. The fraction of sp³-hybridized carbons (Fsp3) is 0.700. The lowest BCUT2D eigenvalue weighted by atomic mass is 10.1. The highest BCUT2D eigenvalue weighted by atomic mass is 16.2. The van der Waals surface area contributed by atoms with E-state index in [1.54, 1.807) is 10.9 Å². The van der Waals surface area contributed by atoms with Crippen LogP contribution in [0.1, 0.15) is 30.8 Å². The van der Waals surface area contributed by atoms with E-state index in [2.05, 4.69) is 29.5 Å². The summed E-state index contributed by atoms with van der Waals surface area (Å²) in [4.78, 5) is 11.5. The number of carbonyl (C=O) groups is 1. The highest BCUT2D eigenvalue weighted by Crippen LogP contribution is 2.02. The van der Waals surface area contributed by atoms with Crippen molar-refractivity contribution in [1.29, 1.82) is 0 Å². The number of aromatic nitrogens is 3. The maximum Gasteiger partial charge on any atom is 0.273 e. The smallest absolute Gasteiger partial charge is 0.273 e. The lowest BCUT2D eigenvalue weighted by molar-refractivity contribution is 0.0949. The van der Waals surface area contributed by atoms with Gasteiger partial charge in [0, 0.05) is 19.6 Å². The molecule has 1 heterocycles. The lowest BCUT2D eigenvalue weighted by Crippen LogP contribution is -2.29. The molecule has 0 aliphatic heterocycles. The van der Waals surface area contributed by atoms with Gasteiger partial charge in [-0.05, 0) is 12.3 Å². The van der Waals surface area contributed by atoms with Gasteiger partial charge in [0.1, 0.15) is 0 Å². The second-order valence-electron chi connectivity index (χ2n) is 4.09. The molecule has 0 fully saturated rings. The van der Waals surface area contributed by atoms with Crippen LogP contribution >= 0.6 is 0 Å². The molecule has 0 aliphatic rings. The Kier molecular flexibility index (Phi) is 4.91. The van der Waals surface area contributed by atoms with Crippen molar-refractivity contribution in [3.8, 4) is 0 Å². The number of hydrogen-bond donors (Lipinski definition) is 2. The van der Waals surface area contributed by atoms with Crippen LogP contribution in [0.4, 0.5) is 0 Å². The third-order valence-corrected chi connectivity index (χ3v) is 2.14. The molecular formula is C10H19N5O. The Labute approximate surface area is 95.2 Å². The molecule has 3 N–H and O–H groups in total. The van der Waals surface area contributed by atoms with Crippen molar-refractivity contribution in [2.45, 2.75) is 26.8 Å². The zero-order chi connectivity index (χ0) is 12.0. The molecule has 0 unspecified atom stereocenters. The van der Waals surface area contributed by atoms with Crippen LogP contribution in [-0.2, 0) is 6.54 Å². The number of carbonyl (C=O) groups excluding carboxylic acids is 1. The van der Waals surface area contributed by atoms with E-state index in [-0.39, 0.29) is 5.91 Å². The standard InChI is InChI=1S/C10H19N5O/c1-8(2)3-6-15-7-9(13-14-15)10(16)12-5-4-11/h7-8H,3-6,11H2,1-2H3,(H,12,16). The Balaban J connectivity index is 2.47. The topological polar surface area (TPSA) is 85.8 Å².